The molecule has 0 aliphatic rings. The van der Waals surface area contributed by atoms with Crippen molar-refractivity contribution in [2.75, 3.05) is 7.11 Å². The van der Waals surface area contributed by atoms with Crippen molar-refractivity contribution in [2.24, 2.45) is 0 Å². The van der Waals surface area contributed by atoms with E-state index in [-0.39, 0.29) is 11.5 Å². The molecule has 0 radical (unpaired) electrons. The number of thiophene rings is 2. The summed E-state index contributed by atoms with van der Waals surface area (Å²) in [5, 5.41) is 12.9. The van der Waals surface area contributed by atoms with Crippen molar-refractivity contribution in [3.8, 4) is 27.2 Å². The van der Waals surface area contributed by atoms with E-state index in [2.05, 4.69) is 4.98 Å². The molecule has 0 aliphatic carbocycles. The van der Waals surface area contributed by atoms with E-state index in [4.69, 9.17) is 9.15 Å². The highest BCUT2D eigenvalue weighted by atomic mass is 32.1. The van der Waals surface area contributed by atoms with E-state index in [0.717, 1.165) is 4.88 Å². The van der Waals surface area contributed by atoms with Crippen molar-refractivity contribution < 1.29 is 19.1 Å². The second kappa shape index (κ2) is 5.10. The number of aromatic nitrogens is 1. The van der Waals surface area contributed by atoms with Crippen molar-refractivity contribution in [3.05, 3.63) is 34.7 Å². The number of rotatable bonds is 4. The van der Waals surface area contributed by atoms with Crippen molar-refractivity contribution in [2.45, 2.75) is 0 Å². The number of oxazole rings is 1. The molecule has 3 rings (SSSR count). The molecule has 0 fully saturated rings. The minimum absolute atomic E-state index is 0.0853. The zero-order valence-electron chi connectivity index (χ0n) is 10.3. The fraction of sp³-hybridized carbons (Fsp3) is 0.0769. The van der Waals surface area contributed by atoms with Gasteiger partial charge in [0.25, 0.3) is 0 Å². The molecule has 0 aliphatic heterocycles. The number of hydrogen-bond acceptors (Lipinski definition) is 6. The molecule has 20 heavy (non-hydrogen) atoms. The van der Waals surface area contributed by atoms with Crippen LogP contribution in [0.5, 0.6) is 5.75 Å². The van der Waals surface area contributed by atoms with Crippen LogP contribution in [0.1, 0.15) is 10.5 Å². The Kier molecular flexibility index (Phi) is 3.29. The van der Waals surface area contributed by atoms with Crippen molar-refractivity contribution in [1.82, 2.24) is 4.98 Å². The van der Waals surface area contributed by atoms with Crippen molar-refractivity contribution >= 4 is 28.6 Å². The average Bonchev–Trinajstić information content (AvgIpc) is 3.17. The third-order valence-electron chi connectivity index (χ3n) is 2.60. The topological polar surface area (TPSA) is 72.6 Å². The molecule has 3 aromatic rings. The lowest BCUT2D eigenvalue weighted by molar-refractivity contribution is 0.0691. The summed E-state index contributed by atoms with van der Waals surface area (Å²) in [6.07, 6.45) is 0. The molecule has 0 amide bonds. The van der Waals surface area contributed by atoms with Gasteiger partial charge in [-0.15, -0.1) is 22.7 Å². The van der Waals surface area contributed by atoms with Crippen LogP contribution in [0.25, 0.3) is 21.4 Å². The van der Waals surface area contributed by atoms with Gasteiger partial charge in [0.1, 0.15) is 5.75 Å². The number of ether oxygens (including phenoxy) is 1. The van der Waals surface area contributed by atoms with E-state index in [9.17, 15) is 9.90 Å². The van der Waals surface area contributed by atoms with E-state index in [1.165, 1.54) is 22.7 Å². The second-order valence-electron chi connectivity index (χ2n) is 3.83. The number of carboxylic acid groups (broad SMARTS) is 1. The molecule has 102 valence electrons. The quantitative estimate of drug-likeness (QED) is 0.793. The number of carbonyl (C=O) groups is 1. The Morgan fingerprint density at radius 1 is 1.40 bits per heavy atom. The molecule has 1 N–H and O–H groups in total. The van der Waals surface area contributed by atoms with Crippen LogP contribution in [0.3, 0.4) is 0 Å². The maximum absolute atomic E-state index is 11.3. The lowest BCUT2D eigenvalue weighted by Gasteiger charge is -1.92. The number of carboxylic acids is 1. The Morgan fingerprint density at radius 3 is 2.85 bits per heavy atom. The van der Waals surface area contributed by atoms with Crippen LogP contribution < -0.4 is 4.74 Å². The SMILES string of the molecule is COc1csc(-c2oc(-c3cccs3)nc2C(=O)O)c1. The monoisotopic (exact) mass is 307 g/mol. The van der Waals surface area contributed by atoms with Crippen molar-refractivity contribution in [3.63, 3.8) is 0 Å². The van der Waals surface area contributed by atoms with Gasteiger partial charge < -0.3 is 14.3 Å². The Labute approximate surface area is 122 Å². The van der Waals surface area contributed by atoms with E-state index in [1.54, 1.807) is 18.6 Å². The zero-order chi connectivity index (χ0) is 14.1. The molecule has 3 aromatic heterocycles. The minimum atomic E-state index is -1.11. The molecule has 0 bridgehead atoms. The van der Waals surface area contributed by atoms with Crippen molar-refractivity contribution in [1.29, 1.82) is 0 Å². The summed E-state index contributed by atoms with van der Waals surface area (Å²) >= 11 is 2.79. The molecular weight excluding hydrogens is 298 g/mol. The zero-order valence-corrected chi connectivity index (χ0v) is 12.0. The van der Waals surface area contributed by atoms with Gasteiger partial charge in [0.15, 0.2) is 11.5 Å². The number of nitrogens with zero attached hydrogens (tertiary/aromatic N) is 1. The molecular formula is C13H9NO4S2. The smallest absolute Gasteiger partial charge is 0.358 e. The first kappa shape index (κ1) is 12.9. The predicted molar refractivity (Wildman–Crippen MR) is 76.6 cm³/mol. The highest BCUT2D eigenvalue weighted by Gasteiger charge is 2.23. The molecule has 0 aromatic carbocycles. The third kappa shape index (κ3) is 2.21. The van der Waals surface area contributed by atoms with Crippen LogP contribution in [-0.4, -0.2) is 23.2 Å². The fourth-order valence-electron chi connectivity index (χ4n) is 1.68. The Hall–Kier alpha value is -2.12. The van der Waals surface area contributed by atoms with E-state index in [0.29, 0.717) is 16.5 Å². The summed E-state index contributed by atoms with van der Waals surface area (Å²) in [4.78, 5) is 16.9. The molecule has 3 heterocycles. The minimum Gasteiger partial charge on any atom is -0.496 e. The summed E-state index contributed by atoms with van der Waals surface area (Å²) in [5.41, 5.74) is -0.0853. The first-order valence-corrected chi connectivity index (χ1v) is 7.36. The first-order chi connectivity index (χ1) is 9.69. The number of aromatic carboxylic acids is 1. The van der Waals surface area contributed by atoms with Crippen LogP contribution in [0, 0.1) is 0 Å². The predicted octanol–water partition coefficient (Wildman–Crippen LogP) is 3.84. The molecule has 7 heteroatoms. The molecule has 0 spiro atoms. The van der Waals surface area contributed by atoms with Crippen LogP contribution in [-0.2, 0) is 0 Å². The number of hydrogen-bond donors (Lipinski definition) is 1. The first-order valence-electron chi connectivity index (χ1n) is 5.60. The lowest BCUT2D eigenvalue weighted by atomic mass is 10.3. The highest BCUT2D eigenvalue weighted by Crippen LogP contribution is 2.36. The van der Waals surface area contributed by atoms with Gasteiger partial charge in [-0.3, -0.25) is 0 Å². The van der Waals surface area contributed by atoms with Gasteiger partial charge in [-0.05, 0) is 11.4 Å². The molecule has 0 unspecified atom stereocenters. The van der Waals surface area contributed by atoms with Crippen LogP contribution in [0.15, 0.2) is 33.4 Å². The third-order valence-corrected chi connectivity index (χ3v) is 4.36. The second-order valence-corrected chi connectivity index (χ2v) is 5.69. The summed E-state index contributed by atoms with van der Waals surface area (Å²) in [5.74, 6) is 0.128. The largest absolute Gasteiger partial charge is 0.496 e. The summed E-state index contributed by atoms with van der Waals surface area (Å²) in [6.45, 7) is 0. The summed E-state index contributed by atoms with van der Waals surface area (Å²) in [7, 11) is 1.56. The van der Waals surface area contributed by atoms with E-state index in [1.807, 2.05) is 17.5 Å². The molecule has 0 saturated heterocycles. The number of methoxy groups -OCH3 is 1. The lowest BCUT2D eigenvalue weighted by Crippen LogP contribution is -1.98. The van der Waals surface area contributed by atoms with Gasteiger partial charge in [-0.25, -0.2) is 9.78 Å². The molecule has 0 saturated carbocycles. The standard InChI is InChI=1S/C13H9NO4S2/c1-17-7-5-9(20-6-7)11-10(13(15)16)14-12(18-11)8-3-2-4-19-8/h2-6H,1H3,(H,15,16). The maximum Gasteiger partial charge on any atom is 0.358 e. The highest BCUT2D eigenvalue weighted by molar-refractivity contribution is 7.14. The Morgan fingerprint density at radius 2 is 2.25 bits per heavy atom. The van der Waals surface area contributed by atoms with Gasteiger partial charge in [0.05, 0.1) is 16.9 Å². The van der Waals surface area contributed by atoms with Crippen LogP contribution in [0.4, 0.5) is 0 Å². The van der Waals surface area contributed by atoms with E-state index < -0.39 is 5.97 Å². The van der Waals surface area contributed by atoms with Gasteiger partial charge in [-0.2, -0.15) is 0 Å². The maximum atomic E-state index is 11.3. The molecule has 0 atom stereocenters. The van der Waals surface area contributed by atoms with Gasteiger partial charge in [-0.1, -0.05) is 6.07 Å². The van der Waals surface area contributed by atoms with Crippen LogP contribution >= 0.6 is 22.7 Å². The van der Waals surface area contributed by atoms with Gasteiger partial charge in [0.2, 0.25) is 5.89 Å². The summed E-state index contributed by atoms with van der Waals surface area (Å²) < 4.78 is 10.7. The molecule has 5 nitrogen and oxygen atoms in total. The summed E-state index contributed by atoms with van der Waals surface area (Å²) in [6, 6.07) is 5.43. The van der Waals surface area contributed by atoms with Crippen LogP contribution in [0.2, 0.25) is 0 Å². The fourth-order valence-corrected chi connectivity index (χ4v) is 3.17. The van der Waals surface area contributed by atoms with Gasteiger partial charge >= 0.3 is 5.97 Å². The Bertz CT molecular complexity index is 742. The van der Waals surface area contributed by atoms with Gasteiger partial charge in [0, 0.05) is 11.4 Å². The Balaban J connectivity index is 2.11. The average molecular weight is 307 g/mol. The van der Waals surface area contributed by atoms with E-state index >= 15 is 0 Å². The normalized spacial score (nSPS) is 10.7.